The second kappa shape index (κ2) is 6.76. The quantitative estimate of drug-likeness (QED) is 0.633. The Hall–Kier alpha value is -3.19. The maximum atomic E-state index is 13.0. The van der Waals surface area contributed by atoms with Crippen LogP contribution >= 0.6 is 0 Å². The molecule has 0 aromatic heterocycles. The first-order valence-electron chi connectivity index (χ1n) is 9.12. The fourth-order valence-corrected chi connectivity index (χ4v) is 4.13. The summed E-state index contributed by atoms with van der Waals surface area (Å²) in [4.78, 5) is 40.3. The molecule has 7 nitrogen and oxygen atoms in total. The lowest BCUT2D eigenvalue weighted by Crippen LogP contribution is -2.72. The number of ether oxygens (including phenoxy) is 1. The van der Waals surface area contributed by atoms with Crippen LogP contribution < -0.4 is 4.90 Å². The fourth-order valence-electron chi connectivity index (χ4n) is 4.13. The van der Waals surface area contributed by atoms with Crippen LogP contribution in [-0.4, -0.2) is 53.6 Å². The maximum Gasteiger partial charge on any atom is 0.326 e. The third kappa shape index (κ3) is 2.43. The van der Waals surface area contributed by atoms with Gasteiger partial charge in [0, 0.05) is 5.56 Å². The molecule has 2 heterocycles. The predicted molar refractivity (Wildman–Crippen MR) is 100 cm³/mol. The molecule has 0 spiro atoms. The van der Waals surface area contributed by atoms with Crippen LogP contribution in [0.5, 0.6) is 0 Å². The standard InChI is InChI=1S/C21H20N2O5/c1-2-28-18(25)13-22-16-11-7-6-10-15(16)21(14-8-4-3-5-9-14)19(26)20(27)23(21)12-17(22)24/h3-11,19,26H,2,12-13H2,1H3. The molecular weight excluding hydrogens is 360 g/mol. The predicted octanol–water partition coefficient (Wildman–Crippen LogP) is 1.04. The zero-order valence-electron chi connectivity index (χ0n) is 15.4. The van der Waals surface area contributed by atoms with Gasteiger partial charge in [0.1, 0.15) is 18.6 Å². The molecule has 0 radical (unpaired) electrons. The van der Waals surface area contributed by atoms with Crippen molar-refractivity contribution in [2.75, 3.05) is 24.6 Å². The molecule has 1 N–H and O–H groups in total. The summed E-state index contributed by atoms with van der Waals surface area (Å²) in [6.07, 6.45) is -1.31. The van der Waals surface area contributed by atoms with E-state index >= 15 is 0 Å². The number of anilines is 1. The number of benzene rings is 2. The molecule has 4 rings (SSSR count). The van der Waals surface area contributed by atoms with Gasteiger partial charge in [-0.25, -0.2) is 0 Å². The lowest BCUT2D eigenvalue weighted by atomic mass is 9.70. The van der Waals surface area contributed by atoms with E-state index in [1.54, 1.807) is 31.2 Å². The lowest BCUT2D eigenvalue weighted by Gasteiger charge is -2.54. The fraction of sp³-hybridized carbons (Fsp3) is 0.286. The summed E-state index contributed by atoms with van der Waals surface area (Å²) in [5, 5.41) is 10.8. The minimum Gasteiger partial charge on any atom is -0.465 e. The average molecular weight is 380 g/mol. The van der Waals surface area contributed by atoms with Crippen molar-refractivity contribution in [3.63, 3.8) is 0 Å². The van der Waals surface area contributed by atoms with Gasteiger partial charge in [-0.15, -0.1) is 0 Å². The maximum absolute atomic E-state index is 13.0. The number of carbonyl (C=O) groups is 3. The second-order valence-corrected chi connectivity index (χ2v) is 6.76. The SMILES string of the molecule is CCOC(=O)CN1C(=O)CN2C(=O)C(O)C2(c2ccccc2)c2ccccc21. The van der Waals surface area contributed by atoms with Gasteiger partial charge in [-0.2, -0.15) is 0 Å². The van der Waals surface area contributed by atoms with Gasteiger partial charge in [0.15, 0.2) is 6.10 Å². The third-order valence-corrected chi connectivity index (χ3v) is 5.33. The topological polar surface area (TPSA) is 87.2 Å². The Balaban J connectivity index is 1.91. The monoisotopic (exact) mass is 380 g/mol. The van der Waals surface area contributed by atoms with E-state index in [1.165, 1.54) is 9.80 Å². The number of hydrogen-bond acceptors (Lipinski definition) is 5. The third-order valence-electron chi connectivity index (χ3n) is 5.33. The summed E-state index contributed by atoms with van der Waals surface area (Å²) < 4.78 is 5.01. The van der Waals surface area contributed by atoms with Gasteiger partial charge < -0.3 is 14.7 Å². The van der Waals surface area contributed by atoms with Crippen molar-refractivity contribution in [2.45, 2.75) is 18.6 Å². The van der Waals surface area contributed by atoms with Crippen LogP contribution in [0.4, 0.5) is 5.69 Å². The summed E-state index contributed by atoms with van der Waals surface area (Å²) >= 11 is 0. The minimum atomic E-state index is -1.31. The van der Waals surface area contributed by atoms with Gasteiger partial charge in [-0.1, -0.05) is 48.5 Å². The van der Waals surface area contributed by atoms with Crippen LogP contribution in [0.1, 0.15) is 18.1 Å². The molecule has 0 bridgehead atoms. The Bertz CT molecular complexity index is 945. The molecule has 0 aliphatic carbocycles. The van der Waals surface area contributed by atoms with E-state index < -0.39 is 29.4 Å². The number of amides is 2. The van der Waals surface area contributed by atoms with Crippen molar-refractivity contribution in [2.24, 2.45) is 0 Å². The first-order chi connectivity index (χ1) is 13.5. The van der Waals surface area contributed by atoms with Gasteiger partial charge in [0.2, 0.25) is 5.91 Å². The van der Waals surface area contributed by atoms with Crippen LogP contribution in [0.25, 0.3) is 0 Å². The van der Waals surface area contributed by atoms with Crippen molar-refractivity contribution in [3.05, 3.63) is 65.7 Å². The van der Waals surface area contributed by atoms with Gasteiger partial charge in [0.25, 0.3) is 5.91 Å². The number of carbonyl (C=O) groups excluding carboxylic acids is 3. The lowest BCUT2D eigenvalue weighted by molar-refractivity contribution is -0.181. The average Bonchev–Trinajstić information content (AvgIpc) is 2.81. The van der Waals surface area contributed by atoms with Crippen LogP contribution in [0.3, 0.4) is 0 Å². The normalized spacial score (nSPS) is 23.4. The second-order valence-electron chi connectivity index (χ2n) is 6.76. The van der Waals surface area contributed by atoms with E-state index in [-0.39, 0.29) is 19.7 Å². The molecule has 2 unspecified atom stereocenters. The number of para-hydroxylation sites is 1. The highest BCUT2D eigenvalue weighted by molar-refractivity contribution is 6.06. The molecule has 2 atom stereocenters. The number of fused-ring (bicyclic) bond motifs is 3. The molecule has 2 aromatic carbocycles. The molecule has 28 heavy (non-hydrogen) atoms. The van der Waals surface area contributed by atoms with E-state index in [0.29, 0.717) is 16.8 Å². The number of esters is 1. The molecule has 7 heteroatoms. The molecule has 1 fully saturated rings. The van der Waals surface area contributed by atoms with Gasteiger partial charge in [0.05, 0.1) is 12.3 Å². The van der Waals surface area contributed by atoms with Crippen molar-refractivity contribution in [1.29, 1.82) is 0 Å². The van der Waals surface area contributed by atoms with E-state index in [0.717, 1.165) is 0 Å². The van der Waals surface area contributed by atoms with E-state index in [1.807, 2.05) is 30.3 Å². The highest BCUT2D eigenvalue weighted by atomic mass is 16.5. The number of aliphatic hydroxyl groups is 1. The van der Waals surface area contributed by atoms with Gasteiger partial charge >= 0.3 is 5.97 Å². The molecule has 144 valence electrons. The zero-order valence-corrected chi connectivity index (χ0v) is 15.4. The molecule has 0 saturated carbocycles. The van der Waals surface area contributed by atoms with E-state index in [4.69, 9.17) is 4.74 Å². The highest BCUT2D eigenvalue weighted by Gasteiger charge is 2.64. The molecule has 2 amide bonds. The van der Waals surface area contributed by atoms with Crippen LogP contribution in [-0.2, 0) is 24.7 Å². The summed E-state index contributed by atoms with van der Waals surface area (Å²) in [6, 6.07) is 16.2. The van der Waals surface area contributed by atoms with E-state index in [9.17, 15) is 19.5 Å². The van der Waals surface area contributed by atoms with Crippen molar-refractivity contribution >= 4 is 23.5 Å². The van der Waals surface area contributed by atoms with Crippen LogP contribution in [0.2, 0.25) is 0 Å². The zero-order chi connectivity index (χ0) is 19.9. The first-order valence-corrected chi connectivity index (χ1v) is 9.12. The number of rotatable bonds is 4. The minimum absolute atomic E-state index is 0.208. The Labute approximate surface area is 162 Å². The summed E-state index contributed by atoms with van der Waals surface area (Å²) in [5.41, 5.74) is 0.621. The van der Waals surface area contributed by atoms with Gasteiger partial charge in [-0.05, 0) is 18.6 Å². The van der Waals surface area contributed by atoms with Gasteiger partial charge in [-0.3, -0.25) is 19.3 Å². The van der Waals surface area contributed by atoms with Crippen molar-refractivity contribution < 1.29 is 24.2 Å². The molecule has 2 aliphatic heterocycles. The summed E-state index contributed by atoms with van der Waals surface area (Å²) in [7, 11) is 0. The van der Waals surface area contributed by atoms with Crippen molar-refractivity contribution in [1.82, 2.24) is 4.90 Å². The molecule has 1 saturated heterocycles. The number of β-lactam (4-membered cyclic amide) rings is 1. The molecular formula is C21H20N2O5. The number of nitrogens with zero attached hydrogens (tertiary/aromatic N) is 2. The Kier molecular flexibility index (Phi) is 4.39. The Morgan fingerprint density at radius 2 is 1.82 bits per heavy atom. The smallest absolute Gasteiger partial charge is 0.326 e. The summed E-state index contributed by atoms with van der Waals surface area (Å²) in [5.74, 6) is -1.45. The Morgan fingerprint density at radius 1 is 1.14 bits per heavy atom. The van der Waals surface area contributed by atoms with Crippen LogP contribution in [0, 0.1) is 0 Å². The number of aliphatic hydroxyl groups excluding tert-OH is 1. The summed E-state index contributed by atoms with van der Waals surface area (Å²) in [6.45, 7) is 1.41. The number of hydrogen-bond donors (Lipinski definition) is 1. The van der Waals surface area contributed by atoms with Crippen molar-refractivity contribution in [3.8, 4) is 0 Å². The van der Waals surface area contributed by atoms with Crippen LogP contribution in [0.15, 0.2) is 54.6 Å². The van der Waals surface area contributed by atoms with E-state index in [2.05, 4.69) is 0 Å². The Morgan fingerprint density at radius 3 is 2.54 bits per heavy atom. The first kappa shape index (κ1) is 18.2. The molecule has 2 aliphatic rings. The highest BCUT2D eigenvalue weighted by Crippen LogP contribution is 2.51. The molecule has 2 aromatic rings. The largest absolute Gasteiger partial charge is 0.465 e.